The van der Waals surface area contributed by atoms with Gasteiger partial charge in [0.15, 0.2) is 5.78 Å². The minimum atomic E-state index is -4.46. The first-order valence-electron chi connectivity index (χ1n) is 8.23. The Bertz CT molecular complexity index is 865. The number of alkyl halides is 3. The second-order valence-corrected chi connectivity index (χ2v) is 6.52. The van der Waals surface area contributed by atoms with Gasteiger partial charge in [0, 0.05) is 25.9 Å². The molecule has 142 valence electrons. The van der Waals surface area contributed by atoms with Gasteiger partial charge in [-0.2, -0.15) is 17.6 Å². The van der Waals surface area contributed by atoms with E-state index in [1.165, 1.54) is 36.2 Å². The normalized spacial score (nSPS) is 20.2. The van der Waals surface area contributed by atoms with Gasteiger partial charge in [-0.1, -0.05) is 18.2 Å². The van der Waals surface area contributed by atoms with Gasteiger partial charge in [0.05, 0.1) is 11.3 Å². The molecular weight excluding hydrogens is 364 g/mol. The Morgan fingerprint density at radius 2 is 1.85 bits per heavy atom. The minimum Gasteiger partial charge on any atom is -0.344 e. The van der Waals surface area contributed by atoms with Crippen molar-refractivity contribution in [3.8, 4) is 0 Å². The summed E-state index contributed by atoms with van der Waals surface area (Å²) in [6.45, 7) is 0.219. The van der Waals surface area contributed by atoms with E-state index in [2.05, 4.69) is 4.98 Å². The molecule has 8 heteroatoms. The van der Waals surface area contributed by atoms with E-state index in [4.69, 9.17) is 0 Å². The molecule has 0 aliphatic carbocycles. The summed E-state index contributed by atoms with van der Waals surface area (Å²) in [5.41, 5.74) is -0.115. The standard InChI is InChI=1S/C19H16F4N2O2/c1-25-10-14(11-5-7-12(8-6-11)19(21,22)23)17(18(25)27)15(26)9-13-3-2-4-16(20)24-13/h2-8,14,17H,9-10H2,1H3/t14-,17+/m1/s1. The van der Waals surface area contributed by atoms with Gasteiger partial charge in [0.1, 0.15) is 5.92 Å². The van der Waals surface area contributed by atoms with Crippen LogP contribution in [0.2, 0.25) is 0 Å². The van der Waals surface area contributed by atoms with Crippen LogP contribution in [0.15, 0.2) is 42.5 Å². The number of pyridine rings is 1. The summed E-state index contributed by atoms with van der Waals surface area (Å²) < 4.78 is 51.5. The van der Waals surface area contributed by atoms with Crippen LogP contribution in [-0.4, -0.2) is 35.2 Å². The maximum absolute atomic E-state index is 13.2. The smallest absolute Gasteiger partial charge is 0.344 e. The summed E-state index contributed by atoms with van der Waals surface area (Å²) in [7, 11) is 1.53. The first-order chi connectivity index (χ1) is 12.7. The van der Waals surface area contributed by atoms with Crippen LogP contribution in [0.5, 0.6) is 0 Å². The van der Waals surface area contributed by atoms with Gasteiger partial charge in [-0.15, -0.1) is 0 Å². The molecule has 1 fully saturated rings. The predicted molar refractivity (Wildman–Crippen MR) is 88.2 cm³/mol. The number of carbonyl (C=O) groups excluding carboxylic acids is 2. The monoisotopic (exact) mass is 380 g/mol. The van der Waals surface area contributed by atoms with E-state index in [0.29, 0.717) is 5.56 Å². The van der Waals surface area contributed by atoms with E-state index < -0.39 is 41.2 Å². The van der Waals surface area contributed by atoms with Crippen molar-refractivity contribution in [2.45, 2.75) is 18.5 Å². The van der Waals surface area contributed by atoms with Crippen LogP contribution >= 0.6 is 0 Å². The molecule has 3 rings (SSSR count). The average molecular weight is 380 g/mol. The number of nitrogens with zero attached hydrogens (tertiary/aromatic N) is 2. The quantitative estimate of drug-likeness (QED) is 0.465. The highest BCUT2D eigenvalue weighted by Crippen LogP contribution is 2.36. The molecule has 1 aromatic heterocycles. The molecule has 0 spiro atoms. The van der Waals surface area contributed by atoms with Crippen molar-refractivity contribution >= 4 is 11.7 Å². The number of hydrogen-bond acceptors (Lipinski definition) is 3. The Kier molecular flexibility index (Phi) is 4.99. The molecule has 1 aliphatic rings. The van der Waals surface area contributed by atoms with Crippen molar-refractivity contribution in [1.82, 2.24) is 9.88 Å². The number of aromatic nitrogens is 1. The first-order valence-corrected chi connectivity index (χ1v) is 8.23. The number of likely N-dealkylation sites (N-methyl/N-ethyl adjacent to an activating group) is 1. The molecule has 2 heterocycles. The van der Waals surface area contributed by atoms with Gasteiger partial charge in [0.2, 0.25) is 11.9 Å². The van der Waals surface area contributed by atoms with Crippen LogP contribution in [0, 0.1) is 11.9 Å². The molecule has 4 nitrogen and oxygen atoms in total. The van der Waals surface area contributed by atoms with Gasteiger partial charge >= 0.3 is 6.18 Å². The lowest BCUT2D eigenvalue weighted by molar-refractivity contribution is -0.138. The summed E-state index contributed by atoms with van der Waals surface area (Å²) in [4.78, 5) is 30.2. The number of halogens is 4. The Morgan fingerprint density at radius 3 is 2.44 bits per heavy atom. The van der Waals surface area contributed by atoms with Crippen LogP contribution < -0.4 is 0 Å². The number of ketones is 1. The fourth-order valence-electron chi connectivity index (χ4n) is 3.32. The zero-order valence-corrected chi connectivity index (χ0v) is 14.3. The maximum Gasteiger partial charge on any atom is 0.416 e. The highest BCUT2D eigenvalue weighted by Gasteiger charge is 2.44. The van der Waals surface area contributed by atoms with Crippen LogP contribution in [0.3, 0.4) is 0 Å². The molecule has 0 bridgehead atoms. The Morgan fingerprint density at radius 1 is 1.19 bits per heavy atom. The fraction of sp³-hybridized carbons (Fsp3) is 0.316. The van der Waals surface area contributed by atoms with Gasteiger partial charge in [-0.25, -0.2) is 4.98 Å². The number of amides is 1. The van der Waals surface area contributed by atoms with E-state index in [9.17, 15) is 27.2 Å². The number of benzene rings is 1. The Hall–Kier alpha value is -2.77. The lowest BCUT2D eigenvalue weighted by atomic mass is 9.84. The molecule has 0 unspecified atom stereocenters. The van der Waals surface area contributed by atoms with Gasteiger partial charge in [0.25, 0.3) is 0 Å². The van der Waals surface area contributed by atoms with Crippen LogP contribution in [0.4, 0.5) is 17.6 Å². The summed E-state index contributed by atoms with van der Waals surface area (Å²) in [6, 6.07) is 8.51. The number of hydrogen-bond donors (Lipinski definition) is 0. The second-order valence-electron chi connectivity index (χ2n) is 6.52. The largest absolute Gasteiger partial charge is 0.416 e. The van der Waals surface area contributed by atoms with Gasteiger partial charge in [-0.3, -0.25) is 9.59 Å². The van der Waals surface area contributed by atoms with Crippen LogP contribution in [0.1, 0.15) is 22.7 Å². The SMILES string of the molecule is CN1C[C@H](c2ccc(C(F)(F)F)cc2)[C@@H](C(=O)Cc2cccc(F)n2)C1=O. The topological polar surface area (TPSA) is 50.3 Å². The molecule has 2 atom stereocenters. The number of rotatable bonds is 4. The molecule has 0 saturated carbocycles. The maximum atomic E-state index is 13.2. The number of Topliss-reactive ketones (excluding diaryl/α,β-unsaturated/α-hetero) is 1. The van der Waals surface area contributed by atoms with Crippen molar-refractivity contribution in [2.24, 2.45) is 5.92 Å². The van der Waals surface area contributed by atoms with Crippen molar-refractivity contribution in [3.63, 3.8) is 0 Å². The summed E-state index contributed by atoms with van der Waals surface area (Å²) in [5, 5.41) is 0. The van der Waals surface area contributed by atoms with Crippen molar-refractivity contribution in [3.05, 3.63) is 65.2 Å². The van der Waals surface area contributed by atoms with Crippen LogP contribution in [0.25, 0.3) is 0 Å². The molecule has 0 N–H and O–H groups in total. The second kappa shape index (κ2) is 7.09. The number of likely N-dealkylation sites (tertiary alicyclic amines) is 1. The molecule has 1 saturated heterocycles. The zero-order chi connectivity index (χ0) is 19.8. The third kappa shape index (κ3) is 3.99. The number of carbonyl (C=O) groups is 2. The Labute approximate surface area is 152 Å². The first kappa shape index (κ1) is 19.0. The lowest BCUT2D eigenvalue weighted by Crippen LogP contribution is -2.29. The van der Waals surface area contributed by atoms with E-state index in [1.54, 1.807) is 0 Å². The van der Waals surface area contributed by atoms with Gasteiger partial charge < -0.3 is 4.90 Å². The summed E-state index contributed by atoms with van der Waals surface area (Å²) >= 11 is 0. The molecule has 2 aromatic rings. The van der Waals surface area contributed by atoms with E-state index in [0.717, 1.165) is 18.2 Å². The predicted octanol–water partition coefficient (Wildman–Crippen LogP) is 3.22. The molecular formula is C19H16F4N2O2. The fourth-order valence-corrected chi connectivity index (χ4v) is 3.32. The highest BCUT2D eigenvalue weighted by molar-refractivity contribution is 6.04. The molecule has 1 aliphatic heterocycles. The molecule has 27 heavy (non-hydrogen) atoms. The van der Waals surface area contributed by atoms with Crippen molar-refractivity contribution in [2.75, 3.05) is 13.6 Å². The zero-order valence-electron chi connectivity index (χ0n) is 14.3. The average Bonchev–Trinajstić information content (AvgIpc) is 2.89. The summed E-state index contributed by atoms with van der Waals surface area (Å²) in [5.74, 6) is -3.16. The molecule has 1 aromatic carbocycles. The summed E-state index contributed by atoms with van der Waals surface area (Å²) in [6.07, 6.45) is -4.68. The molecule has 1 amide bonds. The van der Waals surface area contributed by atoms with Crippen molar-refractivity contribution < 1.29 is 27.2 Å². The van der Waals surface area contributed by atoms with E-state index in [1.807, 2.05) is 0 Å². The Balaban J connectivity index is 1.85. The third-order valence-electron chi connectivity index (χ3n) is 4.66. The minimum absolute atomic E-state index is 0.202. The van der Waals surface area contributed by atoms with Gasteiger partial charge in [-0.05, 0) is 29.8 Å². The van der Waals surface area contributed by atoms with Crippen LogP contribution in [-0.2, 0) is 22.2 Å². The highest BCUT2D eigenvalue weighted by atomic mass is 19.4. The third-order valence-corrected chi connectivity index (χ3v) is 4.66. The van der Waals surface area contributed by atoms with E-state index >= 15 is 0 Å². The molecule has 0 radical (unpaired) electrons. The van der Waals surface area contributed by atoms with Crippen molar-refractivity contribution in [1.29, 1.82) is 0 Å². The lowest BCUT2D eigenvalue weighted by Gasteiger charge is -2.17. The van der Waals surface area contributed by atoms with E-state index in [-0.39, 0.29) is 18.7 Å².